The van der Waals surface area contributed by atoms with Gasteiger partial charge in [0, 0.05) is 0 Å². The number of hydrogen-bond acceptors (Lipinski definition) is 5. The topological polar surface area (TPSA) is 61.5 Å². The van der Waals surface area contributed by atoms with E-state index in [4.69, 9.17) is 15.2 Å². The van der Waals surface area contributed by atoms with Crippen LogP contribution >= 0.6 is 23.7 Å². The van der Waals surface area contributed by atoms with Crippen LogP contribution in [0.25, 0.3) is 0 Å². The van der Waals surface area contributed by atoms with Crippen LogP contribution in [0.3, 0.4) is 0 Å². The third-order valence-corrected chi connectivity index (χ3v) is 2.48. The zero-order valence-corrected chi connectivity index (χ0v) is 10.4. The van der Waals surface area contributed by atoms with Crippen LogP contribution in [-0.2, 0) is 4.74 Å². The Morgan fingerprint density at radius 1 is 1.53 bits per heavy atom. The van der Waals surface area contributed by atoms with Gasteiger partial charge in [-0.25, -0.2) is 4.79 Å². The van der Waals surface area contributed by atoms with Crippen LogP contribution in [0.2, 0.25) is 0 Å². The fraction of sp³-hybridized carbons (Fsp3) is 0.444. The van der Waals surface area contributed by atoms with Gasteiger partial charge in [-0.05, 0) is 31.7 Å². The summed E-state index contributed by atoms with van der Waals surface area (Å²) in [5, 5.41) is 2.22. The molecule has 1 heterocycles. The van der Waals surface area contributed by atoms with E-state index in [0.29, 0.717) is 10.8 Å². The maximum Gasteiger partial charge on any atom is 0.514 e. The summed E-state index contributed by atoms with van der Waals surface area (Å²) < 4.78 is 9.72. The lowest BCUT2D eigenvalue weighted by Gasteiger charge is -2.07. The fourth-order valence-corrected chi connectivity index (χ4v) is 1.62. The summed E-state index contributed by atoms with van der Waals surface area (Å²) in [4.78, 5) is 11.1. The highest BCUT2D eigenvalue weighted by Crippen LogP contribution is 2.32. The van der Waals surface area contributed by atoms with Gasteiger partial charge in [0.2, 0.25) is 5.06 Å². The van der Waals surface area contributed by atoms with E-state index in [0.717, 1.165) is 5.56 Å². The largest absolute Gasteiger partial charge is 0.514 e. The fourth-order valence-electron chi connectivity index (χ4n) is 0.801. The van der Waals surface area contributed by atoms with Crippen molar-refractivity contribution in [2.75, 3.05) is 5.73 Å². The molecule has 1 rings (SSSR count). The predicted molar refractivity (Wildman–Crippen MR) is 63.0 cm³/mol. The number of halogens is 1. The van der Waals surface area contributed by atoms with Gasteiger partial charge >= 0.3 is 6.16 Å². The summed E-state index contributed by atoms with van der Waals surface area (Å²) in [6.45, 7) is 5.36. The molecule has 1 aromatic rings. The minimum atomic E-state index is -0.714. The maximum absolute atomic E-state index is 11.1. The second-order valence-electron chi connectivity index (χ2n) is 3.14. The van der Waals surface area contributed by atoms with E-state index >= 15 is 0 Å². The molecule has 1 aromatic heterocycles. The number of nitrogens with two attached hydrogens (primary N) is 1. The number of carbonyl (C=O) groups is 1. The molecule has 0 aliphatic rings. The molecule has 4 nitrogen and oxygen atoms in total. The molecule has 0 amide bonds. The average Bonchev–Trinajstić information content (AvgIpc) is 2.34. The van der Waals surface area contributed by atoms with Gasteiger partial charge in [0.25, 0.3) is 0 Å². The molecule has 0 spiro atoms. The Morgan fingerprint density at radius 3 is 2.53 bits per heavy atom. The van der Waals surface area contributed by atoms with Gasteiger partial charge in [0.05, 0.1) is 11.8 Å². The SMILES string of the molecule is Cc1csc(OC(=O)OC(C)C)c1N.Cl. The highest BCUT2D eigenvalue weighted by Gasteiger charge is 2.13. The zero-order chi connectivity index (χ0) is 10.7. The smallest absolute Gasteiger partial charge is 0.431 e. The first-order valence-electron chi connectivity index (χ1n) is 4.22. The molecule has 0 atom stereocenters. The van der Waals surface area contributed by atoms with Crippen LogP contribution in [0.4, 0.5) is 10.5 Å². The first-order chi connectivity index (χ1) is 6.50. The van der Waals surface area contributed by atoms with E-state index in [2.05, 4.69) is 0 Å². The number of thiophene rings is 1. The van der Waals surface area contributed by atoms with Crippen LogP contribution in [0, 0.1) is 6.92 Å². The van der Waals surface area contributed by atoms with Crippen molar-refractivity contribution in [2.24, 2.45) is 0 Å². The second kappa shape index (κ2) is 5.82. The number of ether oxygens (including phenoxy) is 2. The first kappa shape index (κ1) is 14.1. The van der Waals surface area contributed by atoms with E-state index in [9.17, 15) is 4.79 Å². The van der Waals surface area contributed by atoms with Crippen molar-refractivity contribution in [3.8, 4) is 5.06 Å². The monoisotopic (exact) mass is 251 g/mol. The molecule has 0 radical (unpaired) electrons. The van der Waals surface area contributed by atoms with Gasteiger partial charge in [-0.1, -0.05) is 0 Å². The second-order valence-corrected chi connectivity index (χ2v) is 3.98. The van der Waals surface area contributed by atoms with Crippen LogP contribution < -0.4 is 10.5 Å². The third kappa shape index (κ3) is 3.97. The van der Waals surface area contributed by atoms with Gasteiger partial charge in [0.1, 0.15) is 0 Å². The summed E-state index contributed by atoms with van der Waals surface area (Å²) in [7, 11) is 0. The Hall–Kier alpha value is -0.940. The lowest BCUT2D eigenvalue weighted by atomic mass is 10.3. The number of nitrogen functional groups attached to an aromatic ring is 1. The number of hydrogen-bond donors (Lipinski definition) is 1. The summed E-state index contributed by atoms with van der Waals surface area (Å²) in [6.07, 6.45) is -0.904. The van der Waals surface area contributed by atoms with Crippen molar-refractivity contribution in [1.29, 1.82) is 0 Å². The number of carbonyl (C=O) groups excluding carboxylic acids is 1. The van der Waals surface area contributed by atoms with Gasteiger partial charge < -0.3 is 15.2 Å². The maximum atomic E-state index is 11.1. The quantitative estimate of drug-likeness (QED) is 0.821. The molecular formula is C9H14ClNO3S. The lowest BCUT2D eigenvalue weighted by molar-refractivity contribution is 0.0741. The van der Waals surface area contributed by atoms with Crippen molar-refractivity contribution in [3.63, 3.8) is 0 Å². The van der Waals surface area contributed by atoms with Crippen molar-refractivity contribution in [1.82, 2.24) is 0 Å². The van der Waals surface area contributed by atoms with Crippen LogP contribution in [0.1, 0.15) is 19.4 Å². The van der Waals surface area contributed by atoms with E-state index < -0.39 is 6.16 Å². The van der Waals surface area contributed by atoms with Gasteiger partial charge in [-0.3, -0.25) is 0 Å². The van der Waals surface area contributed by atoms with E-state index in [1.165, 1.54) is 11.3 Å². The van der Waals surface area contributed by atoms with Gasteiger partial charge in [-0.15, -0.1) is 23.7 Å². The van der Waals surface area contributed by atoms with Gasteiger partial charge in [-0.2, -0.15) is 0 Å². The Bertz CT molecular complexity index is 338. The van der Waals surface area contributed by atoms with E-state index in [-0.39, 0.29) is 18.5 Å². The van der Waals surface area contributed by atoms with Crippen LogP contribution in [0.5, 0.6) is 5.06 Å². The molecule has 0 aliphatic heterocycles. The number of aryl methyl sites for hydroxylation is 1. The summed E-state index contributed by atoms with van der Waals surface area (Å²) in [6, 6.07) is 0. The average molecular weight is 252 g/mol. The van der Waals surface area contributed by atoms with E-state index in [1.54, 1.807) is 13.8 Å². The molecule has 6 heteroatoms. The first-order valence-corrected chi connectivity index (χ1v) is 5.10. The molecule has 2 N–H and O–H groups in total. The molecular weight excluding hydrogens is 238 g/mol. The Kier molecular flexibility index (Phi) is 5.46. The van der Waals surface area contributed by atoms with Crippen molar-refractivity contribution >= 4 is 35.6 Å². The molecule has 0 aliphatic carbocycles. The summed E-state index contributed by atoms with van der Waals surface area (Å²) in [5.41, 5.74) is 7.06. The number of rotatable bonds is 2. The zero-order valence-electron chi connectivity index (χ0n) is 8.77. The molecule has 86 valence electrons. The molecule has 0 saturated heterocycles. The van der Waals surface area contributed by atoms with E-state index in [1.807, 2.05) is 12.3 Å². The van der Waals surface area contributed by atoms with Crippen LogP contribution in [-0.4, -0.2) is 12.3 Å². The minimum Gasteiger partial charge on any atom is -0.431 e. The third-order valence-electron chi connectivity index (χ3n) is 1.50. The number of anilines is 1. The summed E-state index contributed by atoms with van der Waals surface area (Å²) in [5.74, 6) is 0. The van der Waals surface area contributed by atoms with Crippen molar-refractivity contribution < 1.29 is 14.3 Å². The Balaban J connectivity index is 0.00000196. The Labute approximate surface area is 98.8 Å². The van der Waals surface area contributed by atoms with Gasteiger partial charge in [0.15, 0.2) is 0 Å². The summed E-state index contributed by atoms with van der Waals surface area (Å²) >= 11 is 1.28. The molecule has 0 unspecified atom stereocenters. The molecule has 0 aromatic carbocycles. The lowest BCUT2D eigenvalue weighted by Crippen LogP contribution is -2.15. The molecule has 0 bridgehead atoms. The Morgan fingerprint density at radius 2 is 2.13 bits per heavy atom. The molecule has 0 saturated carbocycles. The normalized spacial score (nSPS) is 9.60. The van der Waals surface area contributed by atoms with Crippen molar-refractivity contribution in [3.05, 3.63) is 10.9 Å². The van der Waals surface area contributed by atoms with Crippen molar-refractivity contribution in [2.45, 2.75) is 26.9 Å². The molecule has 15 heavy (non-hydrogen) atoms. The van der Waals surface area contributed by atoms with Crippen LogP contribution in [0.15, 0.2) is 5.38 Å². The minimum absolute atomic E-state index is 0. The highest BCUT2D eigenvalue weighted by molar-refractivity contribution is 7.12. The molecule has 0 fully saturated rings. The standard InChI is InChI=1S/C9H13NO3S.ClH/c1-5(2)12-9(11)13-8-7(10)6(3)4-14-8;/h4-5H,10H2,1-3H3;1H. The highest BCUT2D eigenvalue weighted by atomic mass is 35.5. The predicted octanol–water partition coefficient (Wildman–Crippen LogP) is 2.98.